The van der Waals surface area contributed by atoms with Crippen molar-refractivity contribution < 1.29 is 13.9 Å². The highest BCUT2D eigenvalue weighted by atomic mass is 32.1. The monoisotopic (exact) mass is 216 g/mol. The van der Waals surface area contributed by atoms with Crippen LogP contribution in [0.2, 0.25) is 0 Å². The molecule has 14 heavy (non-hydrogen) atoms. The van der Waals surface area contributed by atoms with E-state index in [1.807, 2.05) is 0 Å². The molecule has 0 amide bonds. The van der Waals surface area contributed by atoms with Gasteiger partial charge in [0.05, 0.1) is 6.61 Å². The second-order valence-electron chi connectivity index (χ2n) is 2.71. The van der Waals surface area contributed by atoms with Crippen molar-refractivity contribution in [3.63, 3.8) is 0 Å². The third-order valence-corrected chi connectivity index (χ3v) is 1.95. The first kappa shape index (κ1) is 11.2. The lowest BCUT2D eigenvalue weighted by Gasteiger charge is -2.02. The number of aliphatic hydroxyl groups excluding tert-OH is 1. The average Bonchev–Trinajstić information content (AvgIpc) is 2.14. The number of thiol groups is 1. The van der Waals surface area contributed by atoms with Crippen LogP contribution < -0.4 is 0 Å². The fourth-order valence-corrected chi connectivity index (χ4v) is 1.16. The molecule has 0 spiro atoms. The third kappa shape index (κ3) is 2.56. The highest BCUT2D eigenvalue weighted by molar-refractivity contribution is 7.80. The van der Waals surface area contributed by atoms with Gasteiger partial charge in [-0.15, -0.1) is 0 Å². The Morgan fingerprint density at radius 2 is 1.86 bits per heavy atom. The van der Waals surface area contributed by atoms with E-state index in [4.69, 9.17) is 5.11 Å². The van der Waals surface area contributed by atoms with Crippen molar-refractivity contribution in [1.82, 2.24) is 0 Å². The van der Waals surface area contributed by atoms with E-state index in [-0.39, 0.29) is 5.56 Å². The summed E-state index contributed by atoms with van der Waals surface area (Å²) in [6.07, 6.45) is 3.25. The van der Waals surface area contributed by atoms with E-state index >= 15 is 0 Å². The maximum atomic E-state index is 13.1. The van der Waals surface area contributed by atoms with Crippen molar-refractivity contribution >= 4 is 18.7 Å². The average molecular weight is 216 g/mol. The lowest BCUT2D eigenvalue weighted by atomic mass is 10.1. The predicted octanol–water partition coefficient (Wildman–Crippen LogP) is 2.40. The highest BCUT2D eigenvalue weighted by Gasteiger charge is 2.08. The Labute approximate surface area is 86.5 Å². The Bertz CT molecular complexity index is 327. The van der Waals surface area contributed by atoms with Crippen LogP contribution in [-0.4, -0.2) is 10.9 Å². The zero-order valence-electron chi connectivity index (χ0n) is 7.37. The standard InChI is InChI=1S/C10H10F2OS/c11-9-4-7(2-1-3-14)5-10(12)8(9)6-13/h1-2,4-5,13-14H,3,6H2. The second-order valence-corrected chi connectivity index (χ2v) is 3.07. The minimum absolute atomic E-state index is 0.298. The van der Waals surface area contributed by atoms with Crippen molar-refractivity contribution in [2.24, 2.45) is 0 Å². The normalized spacial score (nSPS) is 11.1. The molecule has 0 saturated heterocycles. The maximum Gasteiger partial charge on any atom is 0.132 e. The molecule has 1 aromatic carbocycles. The summed E-state index contributed by atoms with van der Waals surface area (Å²) >= 11 is 3.93. The molecular formula is C10H10F2OS. The van der Waals surface area contributed by atoms with Gasteiger partial charge in [-0.25, -0.2) is 8.78 Å². The molecular weight excluding hydrogens is 206 g/mol. The predicted molar refractivity (Wildman–Crippen MR) is 55.2 cm³/mol. The topological polar surface area (TPSA) is 20.2 Å². The van der Waals surface area contributed by atoms with Gasteiger partial charge < -0.3 is 5.11 Å². The van der Waals surface area contributed by atoms with Gasteiger partial charge in [0.15, 0.2) is 0 Å². The molecule has 0 radical (unpaired) electrons. The van der Waals surface area contributed by atoms with E-state index in [0.717, 1.165) is 0 Å². The van der Waals surface area contributed by atoms with Gasteiger partial charge in [-0.1, -0.05) is 12.2 Å². The summed E-state index contributed by atoms with van der Waals surface area (Å²) in [6, 6.07) is 2.35. The molecule has 1 nitrogen and oxygen atoms in total. The Balaban J connectivity index is 3.07. The minimum atomic E-state index is -0.730. The SMILES string of the molecule is OCc1c(F)cc(C=CCS)cc1F. The van der Waals surface area contributed by atoms with Gasteiger partial charge in [-0.2, -0.15) is 12.6 Å². The second kappa shape index (κ2) is 5.12. The molecule has 1 rings (SSSR count). The fourth-order valence-electron chi connectivity index (χ4n) is 1.06. The molecule has 0 unspecified atom stereocenters. The smallest absolute Gasteiger partial charge is 0.132 e. The van der Waals surface area contributed by atoms with Gasteiger partial charge in [-0.3, -0.25) is 0 Å². The molecule has 0 aliphatic carbocycles. The number of hydrogen-bond donors (Lipinski definition) is 2. The minimum Gasteiger partial charge on any atom is -0.391 e. The summed E-state index contributed by atoms with van der Waals surface area (Å²) in [6.45, 7) is -0.631. The van der Waals surface area contributed by atoms with Crippen LogP contribution in [0.25, 0.3) is 6.08 Å². The van der Waals surface area contributed by atoms with E-state index in [1.165, 1.54) is 12.1 Å². The summed E-state index contributed by atoms with van der Waals surface area (Å²) in [5, 5.41) is 8.66. The number of halogens is 2. The molecule has 1 aromatic rings. The van der Waals surface area contributed by atoms with Gasteiger partial charge in [0.2, 0.25) is 0 Å². The van der Waals surface area contributed by atoms with Gasteiger partial charge >= 0.3 is 0 Å². The maximum absolute atomic E-state index is 13.1. The van der Waals surface area contributed by atoms with Gasteiger partial charge in [-0.05, 0) is 17.7 Å². The first-order valence-electron chi connectivity index (χ1n) is 4.05. The summed E-state index contributed by atoms with van der Waals surface area (Å²) in [5.74, 6) is -0.956. The van der Waals surface area contributed by atoms with E-state index in [1.54, 1.807) is 12.2 Å². The summed E-state index contributed by atoms with van der Waals surface area (Å²) in [5.41, 5.74) is 0.124. The molecule has 76 valence electrons. The molecule has 0 heterocycles. The molecule has 0 aliphatic heterocycles. The van der Waals surface area contributed by atoms with E-state index < -0.39 is 18.2 Å². The Morgan fingerprint density at radius 1 is 1.29 bits per heavy atom. The molecule has 0 atom stereocenters. The van der Waals surface area contributed by atoms with Gasteiger partial charge in [0.25, 0.3) is 0 Å². The molecule has 0 bridgehead atoms. The van der Waals surface area contributed by atoms with Crippen LogP contribution >= 0.6 is 12.6 Å². The zero-order valence-corrected chi connectivity index (χ0v) is 8.27. The summed E-state index contributed by atoms with van der Waals surface area (Å²) in [7, 11) is 0. The van der Waals surface area contributed by atoms with Crippen molar-refractivity contribution in [2.75, 3.05) is 5.75 Å². The molecule has 0 fully saturated rings. The van der Waals surface area contributed by atoms with E-state index in [9.17, 15) is 8.78 Å². The molecule has 1 N–H and O–H groups in total. The van der Waals surface area contributed by atoms with Crippen molar-refractivity contribution in [3.05, 3.63) is 41.0 Å². The summed E-state index contributed by atoms with van der Waals surface area (Å²) < 4.78 is 26.2. The van der Waals surface area contributed by atoms with Crippen LogP contribution in [0.1, 0.15) is 11.1 Å². The molecule has 4 heteroatoms. The fraction of sp³-hybridized carbons (Fsp3) is 0.200. The van der Waals surface area contributed by atoms with E-state index in [2.05, 4.69) is 12.6 Å². The zero-order chi connectivity index (χ0) is 10.6. The third-order valence-electron chi connectivity index (χ3n) is 1.74. The first-order chi connectivity index (χ1) is 6.69. The Hall–Kier alpha value is -0.870. The van der Waals surface area contributed by atoms with Crippen LogP contribution in [0.3, 0.4) is 0 Å². The van der Waals surface area contributed by atoms with Crippen LogP contribution in [0.15, 0.2) is 18.2 Å². The van der Waals surface area contributed by atoms with Gasteiger partial charge in [0, 0.05) is 11.3 Å². The number of aliphatic hydroxyl groups is 1. The molecule has 0 aromatic heterocycles. The van der Waals surface area contributed by atoms with Crippen LogP contribution in [-0.2, 0) is 6.61 Å². The Kier molecular flexibility index (Phi) is 4.10. The number of rotatable bonds is 3. The summed E-state index contributed by atoms with van der Waals surface area (Å²) in [4.78, 5) is 0. The molecule has 0 saturated carbocycles. The van der Waals surface area contributed by atoms with Crippen LogP contribution in [0, 0.1) is 11.6 Å². The lowest BCUT2D eigenvalue weighted by molar-refractivity contribution is 0.269. The van der Waals surface area contributed by atoms with E-state index in [0.29, 0.717) is 11.3 Å². The van der Waals surface area contributed by atoms with Crippen molar-refractivity contribution in [2.45, 2.75) is 6.61 Å². The van der Waals surface area contributed by atoms with Crippen LogP contribution in [0.5, 0.6) is 0 Å². The number of hydrogen-bond acceptors (Lipinski definition) is 2. The highest BCUT2D eigenvalue weighted by Crippen LogP contribution is 2.16. The largest absolute Gasteiger partial charge is 0.391 e. The van der Waals surface area contributed by atoms with Gasteiger partial charge in [0.1, 0.15) is 11.6 Å². The molecule has 0 aliphatic rings. The quantitative estimate of drug-likeness (QED) is 0.743. The lowest BCUT2D eigenvalue weighted by Crippen LogP contribution is -1.96. The van der Waals surface area contributed by atoms with Crippen molar-refractivity contribution in [3.8, 4) is 0 Å². The number of benzene rings is 1. The van der Waals surface area contributed by atoms with Crippen molar-refractivity contribution in [1.29, 1.82) is 0 Å². The first-order valence-corrected chi connectivity index (χ1v) is 4.68. The Morgan fingerprint density at radius 3 is 2.29 bits per heavy atom. The van der Waals surface area contributed by atoms with Crippen LogP contribution in [0.4, 0.5) is 8.78 Å².